The van der Waals surface area contributed by atoms with Crippen molar-refractivity contribution in [1.82, 2.24) is 4.98 Å². The maximum absolute atomic E-state index is 12.5. The van der Waals surface area contributed by atoms with E-state index in [9.17, 15) is 9.59 Å². The molecular formula is C20H15N3O4. The number of ether oxygens (including phenoxy) is 2. The fourth-order valence-corrected chi connectivity index (χ4v) is 2.57. The molecule has 27 heavy (non-hydrogen) atoms. The third-order valence-corrected chi connectivity index (χ3v) is 3.88. The van der Waals surface area contributed by atoms with Gasteiger partial charge in [-0.2, -0.15) is 0 Å². The van der Waals surface area contributed by atoms with Crippen molar-refractivity contribution in [2.45, 2.75) is 0 Å². The molecule has 2 aromatic carbocycles. The summed E-state index contributed by atoms with van der Waals surface area (Å²) in [5, 5.41) is 5.47. The van der Waals surface area contributed by atoms with Crippen LogP contribution in [0.3, 0.4) is 0 Å². The normalized spacial score (nSPS) is 11.7. The molecule has 7 heteroatoms. The summed E-state index contributed by atoms with van der Waals surface area (Å²) in [6.07, 6.45) is 0. The standard InChI is InChI=1S/C20H15N3O4/c24-19(21-13-5-2-1-3-6-13)15-7-4-8-16(23-15)20(25)22-14-9-10-17-18(11-14)27-12-26-17/h1-11H,12H2,(H,21,24)(H,22,25). The Labute approximate surface area is 155 Å². The zero-order valence-corrected chi connectivity index (χ0v) is 14.1. The number of benzene rings is 2. The Bertz CT molecular complexity index is 1010. The molecule has 7 nitrogen and oxygen atoms in total. The predicted octanol–water partition coefficient (Wildman–Crippen LogP) is 3.31. The molecule has 1 aliphatic heterocycles. The molecule has 4 rings (SSSR count). The number of pyridine rings is 1. The molecule has 2 N–H and O–H groups in total. The van der Waals surface area contributed by atoms with E-state index in [0.717, 1.165) is 0 Å². The highest BCUT2D eigenvalue weighted by molar-refractivity contribution is 6.06. The van der Waals surface area contributed by atoms with E-state index < -0.39 is 5.91 Å². The predicted molar refractivity (Wildman–Crippen MR) is 99.2 cm³/mol. The van der Waals surface area contributed by atoms with Gasteiger partial charge in [0.05, 0.1) is 0 Å². The van der Waals surface area contributed by atoms with E-state index in [0.29, 0.717) is 22.9 Å². The average Bonchev–Trinajstić information content (AvgIpc) is 3.16. The Morgan fingerprint density at radius 3 is 2.15 bits per heavy atom. The largest absolute Gasteiger partial charge is 0.454 e. The first kappa shape index (κ1) is 16.6. The highest BCUT2D eigenvalue weighted by atomic mass is 16.7. The molecule has 0 unspecified atom stereocenters. The van der Waals surface area contributed by atoms with Gasteiger partial charge in [0.2, 0.25) is 6.79 Å². The highest BCUT2D eigenvalue weighted by Gasteiger charge is 2.16. The number of aromatic nitrogens is 1. The van der Waals surface area contributed by atoms with Gasteiger partial charge in [-0.1, -0.05) is 24.3 Å². The number of hydrogen-bond donors (Lipinski definition) is 2. The van der Waals surface area contributed by atoms with Crippen LogP contribution in [0.15, 0.2) is 66.7 Å². The topological polar surface area (TPSA) is 89.6 Å². The molecule has 2 amide bonds. The fourth-order valence-electron chi connectivity index (χ4n) is 2.57. The number of rotatable bonds is 4. The number of anilines is 2. The fraction of sp³-hybridized carbons (Fsp3) is 0.0500. The van der Waals surface area contributed by atoms with E-state index in [-0.39, 0.29) is 24.1 Å². The lowest BCUT2D eigenvalue weighted by Gasteiger charge is -2.08. The van der Waals surface area contributed by atoms with E-state index >= 15 is 0 Å². The zero-order valence-electron chi connectivity index (χ0n) is 14.1. The molecule has 0 bridgehead atoms. The van der Waals surface area contributed by atoms with Crippen LogP contribution in [0.4, 0.5) is 11.4 Å². The van der Waals surface area contributed by atoms with E-state index in [2.05, 4.69) is 15.6 Å². The molecule has 0 radical (unpaired) electrons. The Kier molecular flexibility index (Phi) is 4.40. The molecule has 0 fully saturated rings. The molecular weight excluding hydrogens is 346 g/mol. The van der Waals surface area contributed by atoms with Crippen molar-refractivity contribution in [3.05, 3.63) is 78.1 Å². The van der Waals surface area contributed by atoms with Gasteiger partial charge in [0, 0.05) is 17.4 Å². The third kappa shape index (κ3) is 3.72. The molecule has 1 aromatic heterocycles. The van der Waals surface area contributed by atoms with Gasteiger partial charge in [0.25, 0.3) is 11.8 Å². The lowest BCUT2D eigenvalue weighted by Crippen LogP contribution is -2.18. The second-order valence-electron chi connectivity index (χ2n) is 5.75. The Morgan fingerprint density at radius 1 is 0.741 bits per heavy atom. The van der Waals surface area contributed by atoms with Gasteiger partial charge >= 0.3 is 0 Å². The van der Waals surface area contributed by atoms with Crippen LogP contribution >= 0.6 is 0 Å². The summed E-state index contributed by atoms with van der Waals surface area (Å²) in [4.78, 5) is 29.0. The first-order chi connectivity index (χ1) is 13.2. The van der Waals surface area contributed by atoms with E-state index in [4.69, 9.17) is 9.47 Å². The summed E-state index contributed by atoms with van der Waals surface area (Å²) in [7, 11) is 0. The summed E-state index contributed by atoms with van der Waals surface area (Å²) in [6.45, 7) is 0.160. The molecule has 0 aliphatic carbocycles. The summed E-state index contributed by atoms with van der Waals surface area (Å²) < 4.78 is 10.5. The van der Waals surface area contributed by atoms with E-state index in [1.54, 1.807) is 48.5 Å². The van der Waals surface area contributed by atoms with Gasteiger partial charge in [-0.05, 0) is 36.4 Å². The van der Waals surface area contributed by atoms with E-state index in [1.165, 1.54) is 0 Å². The van der Waals surface area contributed by atoms with Crippen LogP contribution in [0.5, 0.6) is 11.5 Å². The number of nitrogens with zero attached hydrogens (tertiary/aromatic N) is 1. The van der Waals surface area contributed by atoms with Gasteiger partial charge in [0.15, 0.2) is 11.5 Å². The molecule has 3 aromatic rings. The number of hydrogen-bond acceptors (Lipinski definition) is 5. The van der Waals surface area contributed by atoms with Crippen LogP contribution in [0.1, 0.15) is 21.0 Å². The number of fused-ring (bicyclic) bond motifs is 1. The summed E-state index contributed by atoms with van der Waals surface area (Å²) in [5.74, 6) is 0.379. The van der Waals surface area contributed by atoms with Crippen molar-refractivity contribution < 1.29 is 19.1 Å². The van der Waals surface area contributed by atoms with Crippen LogP contribution in [-0.2, 0) is 0 Å². The second kappa shape index (κ2) is 7.17. The maximum atomic E-state index is 12.5. The summed E-state index contributed by atoms with van der Waals surface area (Å²) >= 11 is 0. The average molecular weight is 361 g/mol. The maximum Gasteiger partial charge on any atom is 0.274 e. The van der Waals surface area contributed by atoms with Crippen molar-refractivity contribution in [1.29, 1.82) is 0 Å². The first-order valence-corrected chi connectivity index (χ1v) is 8.23. The monoisotopic (exact) mass is 361 g/mol. The van der Waals surface area contributed by atoms with Crippen molar-refractivity contribution in [2.24, 2.45) is 0 Å². The number of para-hydroxylation sites is 1. The number of amides is 2. The van der Waals surface area contributed by atoms with Gasteiger partial charge < -0.3 is 20.1 Å². The van der Waals surface area contributed by atoms with Crippen LogP contribution < -0.4 is 20.1 Å². The van der Waals surface area contributed by atoms with Gasteiger partial charge in [-0.25, -0.2) is 4.98 Å². The molecule has 0 saturated carbocycles. The van der Waals surface area contributed by atoms with Crippen molar-refractivity contribution >= 4 is 23.2 Å². The first-order valence-electron chi connectivity index (χ1n) is 8.23. The van der Waals surface area contributed by atoms with Gasteiger partial charge in [-0.15, -0.1) is 0 Å². The summed E-state index contributed by atoms with van der Waals surface area (Å²) in [5.41, 5.74) is 1.48. The highest BCUT2D eigenvalue weighted by Crippen LogP contribution is 2.34. The van der Waals surface area contributed by atoms with Crippen LogP contribution in [0.2, 0.25) is 0 Å². The van der Waals surface area contributed by atoms with Crippen LogP contribution in [0.25, 0.3) is 0 Å². The van der Waals surface area contributed by atoms with Crippen LogP contribution in [-0.4, -0.2) is 23.6 Å². The minimum absolute atomic E-state index is 0.133. The lowest BCUT2D eigenvalue weighted by atomic mass is 10.2. The van der Waals surface area contributed by atoms with Gasteiger partial charge in [-0.3, -0.25) is 9.59 Å². The SMILES string of the molecule is O=C(Nc1ccccc1)c1cccc(C(=O)Nc2ccc3c(c2)OCO3)n1. The zero-order chi connectivity index (χ0) is 18.6. The second-order valence-corrected chi connectivity index (χ2v) is 5.75. The minimum Gasteiger partial charge on any atom is -0.454 e. The number of nitrogens with one attached hydrogen (secondary N) is 2. The quantitative estimate of drug-likeness (QED) is 0.744. The number of carbonyl (C=O) groups excluding carboxylic acids is 2. The van der Waals surface area contributed by atoms with Gasteiger partial charge in [0.1, 0.15) is 11.4 Å². The Balaban J connectivity index is 1.48. The Morgan fingerprint density at radius 2 is 1.41 bits per heavy atom. The van der Waals surface area contributed by atoms with E-state index in [1.807, 2.05) is 18.2 Å². The third-order valence-electron chi connectivity index (χ3n) is 3.88. The number of carbonyl (C=O) groups is 2. The van der Waals surface area contributed by atoms with Crippen molar-refractivity contribution in [3.8, 4) is 11.5 Å². The summed E-state index contributed by atoms with van der Waals surface area (Å²) in [6, 6.07) is 18.8. The molecule has 0 spiro atoms. The lowest BCUT2D eigenvalue weighted by molar-refractivity contribution is 0.101. The smallest absolute Gasteiger partial charge is 0.274 e. The van der Waals surface area contributed by atoms with Crippen molar-refractivity contribution in [2.75, 3.05) is 17.4 Å². The molecule has 134 valence electrons. The molecule has 2 heterocycles. The molecule has 1 aliphatic rings. The van der Waals surface area contributed by atoms with Crippen molar-refractivity contribution in [3.63, 3.8) is 0 Å². The van der Waals surface area contributed by atoms with Crippen LogP contribution in [0, 0.1) is 0 Å². The molecule has 0 saturated heterocycles. The Hall–Kier alpha value is -3.87. The molecule has 0 atom stereocenters. The minimum atomic E-state index is -0.428.